The molecular formula is C27H24Cl2F3N3O6S. The third-order valence-corrected chi connectivity index (χ3v) is 9.25. The predicted molar refractivity (Wildman–Crippen MR) is 151 cm³/mol. The molecule has 0 bridgehead atoms. The number of esters is 1. The largest absolute Gasteiger partial charge is 0.511 e. The van der Waals surface area contributed by atoms with E-state index in [1.54, 1.807) is 48.5 Å². The van der Waals surface area contributed by atoms with Crippen LogP contribution in [-0.2, 0) is 25.0 Å². The van der Waals surface area contributed by atoms with Gasteiger partial charge in [-0.1, -0.05) is 53.5 Å². The highest BCUT2D eigenvalue weighted by atomic mass is 35.5. The van der Waals surface area contributed by atoms with Crippen LogP contribution in [0.25, 0.3) is 0 Å². The zero-order valence-corrected chi connectivity index (χ0v) is 24.2. The number of sulfonamides is 1. The molecule has 1 saturated heterocycles. The van der Waals surface area contributed by atoms with Gasteiger partial charge in [-0.3, -0.25) is 14.9 Å². The number of benzene rings is 3. The van der Waals surface area contributed by atoms with Crippen molar-refractivity contribution in [2.45, 2.75) is 29.8 Å². The molecule has 1 aliphatic heterocycles. The highest BCUT2D eigenvalue weighted by Gasteiger charge is 2.50. The predicted octanol–water partition coefficient (Wildman–Crippen LogP) is 6.13. The minimum Gasteiger partial charge on any atom is -0.468 e. The van der Waals surface area contributed by atoms with Gasteiger partial charge in [0.15, 0.2) is 0 Å². The Bertz CT molecular complexity index is 1530. The topological polar surface area (TPSA) is 119 Å². The number of hydrogen-bond donors (Lipinski definition) is 1. The summed E-state index contributed by atoms with van der Waals surface area (Å²) in [6, 6.07) is 16.3. The molecule has 0 amide bonds. The third kappa shape index (κ3) is 5.91. The third-order valence-electron chi connectivity index (χ3n) is 7.12. The maximum absolute atomic E-state index is 13.7. The molecule has 1 N–H and O–H groups in total. The van der Waals surface area contributed by atoms with Crippen molar-refractivity contribution in [3.63, 3.8) is 0 Å². The van der Waals surface area contributed by atoms with Gasteiger partial charge in [-0.15, -0.1) is 0 Å². The van der Waals surface area contributed by atoms with Crippen LogP contribution in [0.15, 0.2) is 66.7 Å². The second-order valence-corrected chi connectivity index (χ2v) is 12.3. The molecule has 0 aromatic heterocycles. The van der Waals surface area contributed by atoms with Gasteiger partial charge in [-0.05, 0) is 59.9 Å². The first-order chi connectivity index (χ1) is 19.7. The Morgan fingerprint density at radius 1 is 0.952 bits per heavy atom. The zero-order valence-electron chi connectivity index (χ0n) is 21.9. The molecule has 9 nitrogen and oxygen atoms in total. The molecular weight excluding hydrogens is 622 g/mol. The van der Waals surface area contributed by atoms with Gasteiger partial charge in [0.1, 0.15) is 11.1 Å². The number of carbonyl (C=O) groups is 1. The summed E-state index contributed by atoms with van der Waals surface area (Å²) in [6.45, 7) is -0.872. The minimum atomic E-state index is -5.50. The number of rotatable bonds is 8. The number of hydrogen-bond acceptors (Lipinski definition) is 7. The molecule has 1 fully saturated rings. The molecule has 4 rings (SSSR count). The standard InChI is InChI=1S/C27H24Cl2F3N3O6S/c1-41-25(36)26(17-2-7-20(28)8-3-17,18-4-9-21(29)10-5-18)19-6-11-24(35(37)38)23(16-19)33-22-12-14-34(15-13-22)42(39,40)27(30,31)32/h2-11,16,22,33H,12-15H2,1H3. The molecule has 0 radical (unpaired) electrons. The molecule has 224 valence electrons. The van der Waals surface area contributed by atoms with Crippen LogP contribution >= 0.6 is 23.2 Å². The molecule has 0 saturated carbocycles. The fourth-order valence-corrected chi connectivity index (χ4v) is 6.29. The normalized spacial score (nSPS) is 15.3. The van der Waals surface area contributed by atoms with Gasteiger partial charge in [0.25, 0.3) is 5.69 Å². The lowest BCUT2D eigenvalue weighted by Gasteiger charge is -2.34. The second kappa shape index (κ2) is 12.1. The monoisotopic (exact) mass is 645 g/mol. The summed E-state index contributed by atoms with van der Waals surface area (Å²) in [7, 11) is -4.29. The molecule has 15 heteroatoms. The van der Waals surface area contributed by atoms with Crippen LogP contribution in [0.5, 0.6) is 0 Å². The highest BCUT2D eigenvalue weighted by molar-refractivity contribution is 7.90. The van der Waals surface area contributed by atoms with Crippen molar-refractivity contribution >= 4 is 50.6 Å². The fraction of sp³-hybridized carbons (Fsp3) is 0.296. The molecule has 0 atom stereocenters. The highest BCUT2D eigenvalue weighted by Crippen LogP contribution is 2.44. The number of nitrogens with zero attached hydrogens (tertiary/aromatic N) is 2. The van der Waals surface area contributed by atoms with E-state index in [0.29, 0.717) is 25.5 Å². The van der Waals surface area contributed by atoms with Crippen LogP contribution in [0.4, 0.5) is 24.5 Å². The molecule has 42 heavy (non-hydrogen) atoms. The smallest absolute Gasteiger partial charge is 0.468 e. The van der Waals surface area contributed by atoms with Gasteiger partial charge in [0, 0.05) is 35.2 Å². The maximum atomic E-state index is 13.7. The molecule has 1 aliphatic rings. The van der Waals surface area contributed by atoms with Crippen LogP contribution in [0, 0.1) is 10.1 Å². The van der Waals surface area contributed by atoms with E-state index < -0.39 is 51.0 Å². The number of nitro benzene ring substituents is 1. The molecule has 3 aromatic carbocycles. The number of ether oxygens (including phenoxy) is 1. The fourth-order valence-electron chi connectivity index (χ4n) is 5.06. The quantitative estimate of drug-likeness (QED) is 0.135. The SMILES string of the molecule is COC(=O)C(c1ccc(Cl)cc1)(c1ccc(Cl)cc1)c1ccc([N+](=O)[O-])c(NC2CCN(S(=O)(=O)C(F)(F)F)CC2)c1. The number of halogens is 5. The van der Waals surface area contributed by atoms with E-state index in [2.05, 4.69) is 5.32 Å². The van der Waals surface area contributed by atoms with Crippen LogP contribution in [0.3, 0.4) is 0 Å². The Morgan fingerprint density at radius 2 is 1.43 bits per heavy atom. The first-order valence-corrected chi connectivity index (χ1v) is 14.6. The maximum Gasteiger partial charge on any atom is 0.511 e. The van der Waals surface area contributed by atoms with Gasteiger partial charge < -0.3 is 10.1 Å². The Labute approximate surface area is 249 Å². The van der Waals surface area contributed by atoms with Crippen molar-refractivity contribution in [3.05, 3.63) is 104 Å². The summed E-state index contributed by atoms with van der Waals surface area (Å²) in [5.41, 5.74) is -6.27. The second-order valence-electron chi connectivity index (χ2n) is 9.51. The van der Waals surface area contributed by atoms with E-state index in [4.69, 9.17) is 27.9 Å². The number of alkyl halides is 3. The van der Waals surface area contributed by atoms with Crippen LogP contribution in [0.1, 0.15) is 29.5 Å². The van der Waals surface area contributed by atoms with Crippen molar-refractivity contribution in [2.24, 2.45) is 0 Å². The van der Waals surface area contributed by atoms with Crippen LogP contribution in [-0.4, -0.2) is 55.4 Å². The summed E-state index contributed by atoms with van der Waals surface area (Å²) in [6.07, 6.45) is -0.0968. The zero-order chi connectivity index (χ0) is 30.9. The summed E-state index contributed by atoms with van der Waals surface area (Å²) < 4.78 is 68.2. The molecule has 0 spiro atoms. The Hall–Kier alpha value is -3.39. The molecule has 3 aromatic rings. The summed E-state index contributed by atoms with van der Waals surface area (Å²) in [4.78, 5) is 25.1. The average molecular weight is 646 g/mol. The van der Waals surface area contributed by atoms with Gasteiger partial charge in [0.05, 0.1) is 12.0 Å². The van der Waals surface area contributed by atoms with Crippen LogP contribution in [0.2, 0.25) is 10.0 Å². The summed E-state index contributed by atoms with van der Waals surface area (Å²) in [5.74, 6) is -0.711. The first kappa shape index (κ1) is 31.5. The minimum absolute atomic E-state index is 0.00849. The van der Waals surface area contributed by atoms with E-state index in [1.807, 2.05) is 0 Å². The number of nitrogens with one attached hydrogen (secondary N) is 1. The Morgan fingerprint density at radius 3 is 1.86 bits per heavy atom. The van der Waals surface area contributed by atoms with E-state index in [0.717, 1.165) is 0 Å². The van der Waals surface area contributed by atoms with Gasteiger partial charge in [-0.25, -0.2) is 8.42 Å². The Kier molecular flexibility index (Phi) is 9.07. The van der Waals surface area contributed by atoms with Crippen molar-refractivity contribution in [1.82, 2.24) is 4.31 Å². The van der Waals surface area contributed by atoms with E-state index in [1.165, 1.54) is 25.3 Å². The van der Waals surface area contributed by atoms with Gasteiger partial charge in [0.2, 0.25) is 0 Å². The average Bonchev–Trinajstić information content (AvgIpc) is 2.94. The lowest BCUT2D eigenvalue weighted by molar-refractivity contribution is -0.384. The number of piperidine rings is 1. The number of nitro groups is 1. The van der Waals surface area contributed by atoms with Crippen LogP contribution < -0.4 is 5.32 Å². The lowest BCUT2D eigenvalue weighted by atomic mass is 9.69. The van der Waals surface area contributed by atoms with Crippen molar-refractivity contribution in [3.8, 4) is 0 Å². The van der Waals surface area contributed by atoms with E-state index in [9.17, 15) is 36.5 Å². The van der Waals surface area contributed by atoms with Crippen molar-refractivity contribution < 1.29 is 36.0 Å². The first-order valence-electron chi connectivity index (χ1n) is 12.4. The molecule has 1 heterocycles. The number of anilines is 1. The van der Waals surface area contributed by atoms with E-state index >= 15 is 0 Å². The van der Waals surface area contributed by atoms with Crippen molar-refractivity contribution in [1.29, 1.82) is 0 Å². The molecule has 0 aliphatic carbocycles. The number of carbonyl (C=O) groups excluding carboxylic acids is 1. The van der Waals surface area contributed by atoms with Gasteiger partial charge in [-0.2, -0.15) is 17.5 Å². The van der Waals surface area contributed by atoms with Gasteiger partial charge >= 0.3 is 21.5 Å². The Balaban J connectivity index is 1.81. The molecule has 0 unspecified atom stereocenters. The van der Waals surface area contributed by atoms with Crippen molar-refractivity contribution in [2.75, 3.05) is 25.5 Å². The lowest BCUT2D eigenvalue weighted by Crippen LogP contribution is -2.47. The van der Waals surface area contributed by atoms with E-state index in [-0.39, 0.29) is 29.8 Å². The summed E-state index contributed by atoms with van der Waals surface area (Å²) in [5, 5.41) is 15.8. The summed E-state index contributed by atoms with van der Waals surface area (Å²) >= 11 is 12.2. The number of methoxy groups -OCH3 is 1.